The van der Waals surface area contributed by atoms with Crippen molar-refractivity contribution in [2.45, 2.75) is 45.7 Å². The van der Waals surface area contributed by atoms with Crippen LogP contribution < -0.4 is 19.8 Å². The van der Waals surface area contributed by atoms with E-state index in [1.807, 2.05) is 114 Å². The Kier molecular flexibility index (Phi) is 14.7. The normalized spacial score (nSPS) is 15.3. The number of aliphatic hydroxyl groups excluding tert-OH is 1. The molecule has 0 amide bonds. The summed E-state index contributed by atoms with van der Waals surface area (Å²) in [7, 11) is -3.85. The van der Waals surface area contributed by atoms with E-state index in [-0.39, 0.29) is 22.2 Å². The van der Waals surface area contributed by atoms with Gasteiger partial charge in [-0.15, -0.1) is 11.8 Å². The van der Waals surface area contributed by atoms with E-state index in [0.717, 1.165) is 64.2 Å². The zero-order valence-corrected chi connectivity index (χ0v) is 39.9. The second-order valence-electron chi connectivity index (χ2n) is 16.6. The highest BCUT2D eigenvalue weighted by molar-refractivity contribution is 8.00. The number of β-amino-alcohol motifs (C(OH)–C–C–N with tert-alkyl or cyclic N) is 1. The van der Waals surface area contributed by atoms with Gasteiger partial charge >= 0.3 is 11.5 Å². The number of carboxylic acids is 1. The van der Waals surface area contributed by atoms with E-state index < -0.39 is 32.3 Å². The molecule has 352 valence electrons. The fourth-order valence-corrected chi connectivity index (χ4v) is 11.3. The minimum absolute atomic E-state index is 0.122. The van der Waals surface area contributed by atoms with Crippen LogP contribution in [0, 0.1) is 6.92 Å². The molecule has 5 aromatic carbocycles. The van der Waals surface area contributed by atoms with Crippen LogP contribution in [0.15, 0.2) is 136 Å². The summed E-state index contributed by atoms with van der Waals surface area (Å²) in [6.45, 7) is 6.31. The largest absolute Gasteiger partial charge is 0.501 e. The van der Waals surface area contributed by atoms with Gasteiger partial charge in [-0.2, -0.15) is 13.2 Å². The van der Waals surface area contributed by atoms with Crippen molar-refractivity contribution in [1.29, 1.82) is 0 Å². The predicted molar refractivity (Wildman–Crippen MR) is 265 cm³/mol. The van der Waals surface area contributed by atoms with Crippen LogP contribution in [0.2, 0.25) is 5.02 Å². The Morgan fingerprint density at radius 3 is 2.15 bits per heavy atom. The molecule has 2 saturated heterocycles. The Labute approximate surface area is 402 Å². The number of thioether (sulfide) groups is 1. The third kappa shape index (κ3) is 11.0. The number of likely N-dealkylation sites (tertiary alicyclic amines) is 1. The topological polar surface area (TPSA) is 130 Å². The first-order valence-corrected chi connectivity index (χ1v) is 25.3. The van der Waals surface area contributed by atoms with E-state index in [9.17, 15) is 36.6 Å². The molecule has 0 aliphatic carbocycles. The molecule has 3 heterocycles. The number of sulfone groups is 1. The molecule has 2 fully saturated rings. The maximum atomic E-state index is 14.1. The molecule has 1 aromatic heterocycles. The Bertz CT molecular complexity index is 2800. The molecule has 0 saturated carbocycles. The summed E-state index contributed by atoms with van der Waals surface area (Å²) < 4.78 is 73.5. The van der Waals surface area contributed by atoms with Crippen LogP contribution in [0.1, 0.15) is 22.5 Å². The number of carbonyl (C=O) groups is 1. The summed E-state index contributed by atoms with van der Waals surface area (Å²) in [6, 6.07) is 36.3. The fraction of sp³-hybridized carbons (Fsp3) is 0.286. The molecule has 11 nitrogen and oxygen atoms in total. The van der Waals surface area contributed by atoms with Crippen LogP contribution in [-0.2, 0) is 16.9 Å². The van der Waals surface area contributed by atoms with Crippen molar-refractivity contribution in [2.24, 2.45) is 7.05 Å². The predicted octanol–water partition coefficient (Wildman–Crippen LogP) is 10.4. The van der Waals surface area contributed by atoms with Crippen molar-refractivity contribution in [3.63, 3.8) is 0 Å². The van der Waals surface area contributed by atoms with Crippen LogP contribution in [-0.4, -0.2) is 103 Å². The van der Waals surface area contributed by atoms with Gasteiger partial charge in [-0.3, -0.25) is 4.90 Å². The van der Waals surface area contributed by atoms with Gasteiger partial charge in [0.25, 0.3) is 9.84 Å². The summed E-state index contributed by atoms with van der Waals surface area (Å²) in [4.78, 5) is 19.6. The quantitative estimate of drug-likeness (QED) is 0.0513. The zero-order valence-electron chi connectivity index (χ0n) is 36.7. The minimum Gasteiger partial charge on any atom is -0.478 e. The van der Waals surface area contributed by atoms with Gasteiger partial charge in [-0.05, 0) is 115 Å². The summed E-state index contributed by atoms with van der Waals surface area (Å²) in [5.74, 6) is -0.521. The minimum atomic E-state index is -5.72. The van der Waals surface area contributed by atoms with Crippen LogP contribution >= 0.6 is 35.3 Å². The number of nitrogens with zero attached hydrogens (tertiary/aromatic N) is 4. The van der Waals surface area contributed by atoms with Crippen molar-refractivity contribution in [2.75, 3.05) is 71.4 Å². The molecule has 0 radical (unpaired) electrons. The van der Waals surface area contributed by atoms with E-state index in [4.69, 9.17) is 11.6 Å². The summed E-state index contributed by atoms with van der Waals surface area (Å²) in [6.07, 6.45) is 0.124. The first-order chi connectivity index (χ1) is 32.0. The number of rotatable bonds is 17. The zero-order chi connectivity index (χ0) is 47.5. The van der Waals surface area contributed by atoms with Gasteiger partial charge in [0.05, 0.1) is 23.0 Å². The fourth-order valence-electron chi connectivity index (χ4n) is 8.46. The van der Waals surface area contributed by atoms with E-state index in [1.165, 1.54) is 17.8 Å². The molecule has 0 bridgehead atoms. The summed E-state index contributed by atoms with van der Waals surface area (Å²) in [5.41, 5.74) is 1.02. The van der Waals surface area contributed by atoms with Gasteiger partial charge in [0.1, 0.15) is 4.90 Å². The Hall–Kier alpha value is -5.30. The van der Waals surface area contributed by atoms with Crippen LogP contribution in [0.5, 0.6) is 0 Å². The average Bonchev–Trinajstić information content (AvgIpc) is 3.58. The van der Waals surface area contributed by atoms with Crippen molar-refractivity contribution in [1.82, 2.24) is 9.47 Å². The number of anilines is 4. The number of hydrogen-bond acceptors (Lipinski definition) is 11. The van der Waals surface area contributed by atoms with Crippen LogP contribution in [0.4, 0.5) is 35.9 Å². The number of carboxylic acid groups (broad SMARTS) is 1. The molecule has 2 aliphatic rings. The molecule has 2 aliphatic heterocycles. The van der Waals surface area contributed by atoms with Gasteiger partial charge in [0, 0.05) is 108 Å². The number of nitrogens with one attached hydrogen (secondary N) is 2. The monoisotopic (exact) mass is 990 g/mol. The van der Waals surface area contributed by atoms with Gasteiger partial charge in [0.15, 0.2) is 0 Å². The highest BCUT2D eigenvalue weighted by Gasteiger charge is 2.48. The first kappa shape index (κ1) is 48.2. The van der Waals surface area contributed by atoms with E-state index in [1.54, 1.807) is 18.2 Å². The molecule has 1 atom stereocenters. The smallest absolute Gasteiger partial charge is 0.478 e. The molecule has 4 N–H and O–H groups in total. The molecular formula is C49H50ClF3N6O5S3. The summed E-state index contributed by atoms with van der Waals surface area (Å²) in [5, 5.41) is 23.8. The van der Waals surface area contributed by atoms with Crippen molar-refractivity contribution in [3.05, 3.63) is 138 Å². The lowest BCUT2D eigenvalue weighted by Crippen LogP contribution is -2.51. The Morgan fingerprint density at radius 1 is 0.836 bits per heavy atom. The number of aliphatic hydroxyl groups is 1. The lowest BCUT2D eigenvalue weighted by atomic mass is 9.96. The second-order valence-corrected chi connectivity index (χ2v) is 20.9. The van der Waals surface area contributed by atoms with Gasteiger partial charge in [-0.1, -0.05) is 54.1 Å². The molecule has 67 heavy (non-hydrogen) atoms. The van der Waals surface area contributed by atoms with Crippen LogP contribution in [0.25, 0.3) is 22.4 Å². The van der Waals surface area contributed by atoms with E-state index >= 15 is 0 Å². The Balaban J connectivity index is 0.924. The molecule has 0 unspecified atom stereocenters. The summed E-state index contributed by atoms with van der Waals surface area (Å²) >= 11 is 8.73. The molecule has 0 spiro atoms. The lowest BCUT2D eigenvalue weighted by molar-refractivity contribution is -0.0435. The van der Waals surface area contributed by atoms with Crippen molar-refractivity contribution < 1.29 is 36.6 Å². The number of halogens is 4. The van der Waals surface area contributed by atoms with Crippen LogP contribution in [0.3, 0.4) is 0 Å². The van der Waals surface area contributed by atoms with Crippen molar-refractivity contribution in [3.8, 4) is 22.4 Å². The molecule has 8 rings (SSSR count). The van der Waals surface area contributed by atoms with Crippen molar-refractivity contribution >= 4 is 73.9 Å². The SMILES string of the molecule is Cc1c(C(=O)O)c(-c2cccc(N3CCN(c4ccc(NSc5ccc(N[C@H](CCN6CC(O)C6)CSc6ccccc6)c(S(=O)(=O)C(F)(F)F)c5)cc4)CC3)c2)c(-c2ccc(Cl)cc2)n1C. The number of piperazine rings is 1. The standard InChI is InChI=1S/C49H50ClF3N6O5S3/c1-32-45(48(61)62)46(47(56(32)2)33-11-13-35(50)14-12-33)34-7-6-8-39(27-34)59-25-23-58(24-26-59)38-17-15-36(16-18-38)55-66-42-19-20-43(44(28-42)67(63,64)49(51,52)53)54-37(21-22-57-29-40(60)30-57)31-65-41-9-4-3-5-10-41/h3-20,27-28,37,40,54-55,60H,21-26,29-31H2,1-2H3,(H,61,62)/t37-/m1/s1. The maximum Gasteiger partial charge on any atom is 0.501 e. The Morgan fingerprint density at radius 2 is 1.51 bits per heavy atom. The number of aromatic nitrogens is 1. The number of aromatic carboxylic acids is 1. The molecule has 18 heteroatoms. The third-order valence-corrected chi connectivity index (χ3v) is 15.9. The second kappa shape index (κ2) is 20.5. The lowest BCUT2D eigenvalue weighted by Gasteiger charge is -2.37. The highest BCUT2D eigenvalue weighted by Crippen LogP contribution is 2.41. The average molecular weight is 992 g/mol. The van der Waals surface area contributed by atoms with E-state index in [2.05, 4.69) is 19.8 Å². The molecule has 6 aromatic rings. The maximum absolute atomic E-state index is 14.1. The first-order valence-electron chi connectivity index (χ1n) is 21.7. The number of benzene rings is 5. The number of hydrogen-bond donors (Lipinski definition) is 4. The molecular weight excluding hydrogens is 941 g/mol. The van der Waals surface area contributed by atoms with Gasteiger partial charge in [-0.25, -0.2) is 13.2 Å². The van der Waals surface area contributed by atoms with E-state index in [0.29, 0.717) is 66.9 Å². The third-order valence-electron chi connectivity index (χ3n) is 12.2. The van der Waals surface area contributed by atoms with Gasteiger partial charge in [0.2, 0.25) is 0 Å². The van der Waals surface area contributed by atoms with Gasteiger partial charge < -0.3 is 34.6 Å². The highest BCUT2D eigenvalue weighted by atomic mass is 35.5. The number of alkyl halides is 3.